The number of aryl methyl sites for hydroxylation is 2. The van der Waals surface area contributed by atoms with Crippen LogP contribution in [0.15, 0.2) is 78.2 Å². The highest BCUT2D eigenvalue weighted by molar-refractivity contribution is 7.99. The van der Waals surface area contributed by atoms with Gasteiger partial charge in [-0.1, -0.05) is 42.1 Å². The Kier molecular flexibility index (Phi) is 5.50. The Balaban J connectivity index is 1.42. The first-order valence-electron chi connectivity index (χ1n) is 10.2. The number of nitrogens with one attached hydrogen (secondary N) is 1. The average Bonchev–Trinajstić information content (AvgIpc) is 3.45. The van der Waals surface area contributed by atoms with E-state index in [1.807, 2.05) is 36.4 Å². The molecule has 0 fully saturated rings. The van der Waals surface area contributed by atoms with Crippen molar-refractivity contribution in [3.05, 3.63) is 84.2 Å². The van der Waals surface area contributed by atoms with Crippen LogP contribution in [0.2, 0.25) is 0 Å². The molecule has 1 amide bonds. The fourth-order valence-electron chi connectivity index (χ4n) is 3.78. The Labute approximate surface area is 184 Å². The molecule has 0 spiro atoms. The van der Waals surface area contributed by atoms with Crippen LogP contribution in [-0.2, 0) is 17.6 Å². The van der Waals surface area contributed by atoms with Crippen molar-refractivity contribution in [2.24, 2.45) is 0 Å². The third-order valence-electron chi connectivity index (χ3n) is 5.25. The summed E-state index contributed by atoms with van der Waals surface area (Å²) in [6.07, 6.45) is 6.81. The van der Waals surface area contributed by atoms with E-state index in [4.69, 9.17) is 5.10 Å². The Morgan fingerprint density at radius 1 is 0.968 bits per heavy atom. The van der Waals surface area contributed by atoms with E-state index in [9.17, 15) is 4.79 Å². The van der Waals surface area contributed by atoms with E-state index in [0.29, 0.717) is 11.0 Å². The molecule has 0 saturated carbocycles. The van der Waals surface area contributed by atoms with Gasteiger partial charge in [-0.05, 0) is 54.7 Å². The Hall–Kier alpha value is -3.45. The lowest BCUT2D eigenvalue weighted by molar-refractivity contribution is -0.113. The quantitative estimate of drug-likeness (QED) is 0.361. The number of anilines is 1. The van der Waals surface area contributed by atoms with Gasteiger partial charge >= 0.3 is 0 Å². The lowest BCUT2D eigenvalue weighted by Crippen LogP contribution is -2.17. The number of thioether (sulfide) groups is 1. The van der Waals surface area contributed by atoms with E-state index in [-0.39, 0.29) is 11.7 Å². The maximum atomic E-state index is 12.6. The van der Waals surface area contributed by atoms with Gasteiger partial charge in [0.2, 0.25) is 5.91 Å². The second kappa shape index (κ2) is 8.73. The van der Waals surface area contributed by atoms with Crippen LogP contribution in [0.25, 0.3) is 16.9 Å². The number of carbonyl (C=O) groups excluding carboxylic acids is 1. The zero-order valence-corrected chi connectivity index (χ0v) is 17.7. The molecule has 0 radical (unpaired) electrons. The predicted molar refractivity (Wildman–Crippen MR) is 122 cm³/mol. The van der Waals surface area contributed by atoms with E-state index in [2.05, 4.69) is 33.5 Å². The smallest absolute Gasteiger partial charge is 0.236 e. The zero-order valence-electron chi connectivity index (χ0n) is 16.9. The van der Waals surface area contributed by atoms with Gasteiger partial charge in [0.05, 0.1) is 17.1 Å². The summed E-state index contributed by atoms with van der Waals surface area (Å²) in [7, 11) is 0. The summed E-state index contributed by atoms with van der Waals surface area (Å²) in [6, 6.07) is 20.1. The van der Waals surface area contributed by atoms with Crippen LogP contribution in [0.3, 0.4) is 0 Å². The van der Waals surface area contributed by atoms with Crippen LogP contribution >= 0.6 is 11.8 Å². The maximum Gasteiger partial charge on any atom is 0.236 e. The lowest BCUT2D eigenvalue weighted by Gasteiger charge is -2.08. The molecule has 1 aliphatic rings. The van der Waals surface area contributed by atoms with Crippen molar-refractivity contribution in [3.8, 4) is 16.9 Å². The predicted octanol–water partition coefficient (Wildman–Crippen LogP) is 4.55. The molecule has 154 valence electrons. The topological polar surface area (TPSA) is 72.7 Å². The molecule has 2 aromatic carbocycles. The van der Waals surface area contributed by atoms with Gasteiger partial charge in [0.15, 0.2) is 5.16 Å². The standard InChI is InChI=1S/C24H21N5OS/c30-23(16-31-24-25-12-5-13-26-24)27-22-15-21(28-29(22)20-8-2-1-3-9-20)19-11-10-17-6-4-7-18(17)14-19/h1-3,5,8-15H,4,6-7,16H2,(H,27,30). The summed E-state index contributed by atoms with van der Waals surface area (Å²) in [6.45, 7) is 0. The van der Waals surface area contributed by atoms with Crippen molar-refractivity contribution in [3.63, 3.8) is 0 Å². The summed E-state index contributed by atoms with van der Waals surface area (Å²) < 4.78 is 1.78. The van der Waals surface area contributed by atoms with Gasteiger partial charge in [0.25, 0.3) is 0 Å². The summed E-state index contributed by atoms with van der Waals surface area (Å²) in [5, 5.41) is 8.40. The first-order chi connectivity index (χ1) is 15.3. The third-order valence-corrected chi connectivity index (χ3v) is 6.12. The molecule has 6 nitrogen and oxygen atoms in total. The molecule has 1 aliphatic carbocycles. The summed E-state index contributed by atoms with van der Waals surface area (Å²) >= 11 is 1.30. The number of aromatic nitrogens is 4. The number of hydrogen-bond acceptors (Lipinski definition) is 5. The van der Waals surface area contributed by atoms with E-state index in [1.165, 1.54) is 29.3 Å². The van der Waals surface area contributed by atoms with E-state index in [1.54, 1.807) is 23.1 Å². The molecule has 1 N–H and O–H groups in total. The number of para-hydroxylation sites is 1. The van der Waals surface area contributed by atoms with Gasteiger partial charge in [-0.25, -0.2) is 14.6 Å². The minimum absolute atomic E-state index is 0.130. The molecule has 0 atom stereocenters. The van der Waals surface area contributed by atoms with E-state index in [0.717, 1.165) is 29.8 Å². The Morgan fingerprint density at radius 3 is 2.61 bits per heavy atom. The molecule has 5 rings (SSSR count). The largest absolute Gasteiger partial charge is 0.310 e. The van der Waals surface area contributed by atoms with Crippen LogP contribution in [0.5, 0.6) is 0 Å². The van der Waals surface area contributed by atoms with Crippen LogP contribution in [0, 0.1) is 0 Å². The van der Waals surface area contributed by atoms with Gasteiger partial charge in [0, 0.05) is 24.0 Å². The molecule has 2 aromatic heterocycles. The van der Waals surface area contributed by atoms with Crippen molar-refractivity contribution in [2.75, 3.05) is 11.1 Å². The summed E-state index contributed by atoms with van der Waals surface area (Å²) in [4.78, 5) is 20.9. The molecule has 0 saturated heterocycles. The number of benzene rings is 2. The number of carbonyl (C=O) groups is 1. The second-order valence-electron chi connectivity index (χ2n) is 7.37. The second-order valence-corrected chi connectivity index (χ2v) is 8.31. The minimum atomic E-state index is -0.130. The van der Waals surface area contributed by atoms with E-state index < -0.39 is 0 Å². The molecule has 0 bridgehead atoms. The number of amides is 1. The monoisotopic (exact) mass is 427 g/mol. The van der Waals surface area contributed by atoms with Crippen LogP contribution in [0.1, 0.15) is 17.5 Å². The highest BCUT2D eigenvalue weighted by Gasteiger charge is 2.17. The first-order valence-corrected chi connectivity index (χ1v) is 11.2. The highest BCUT2D eigenvalue weighted by atomic mass is 32.2. The van der Waals surface area contributed by atoms with E-state index >= 15 is 0 Å². The molecule has 2 heterocycles. The average molecular weight is 428 g/mol. The minimum Gasteiger partial charge on any atom is -0.310 e. The van der Waals surface area contributed by atoms with Gasteiger partial charge in [-0.15, -0.1) is 0 Å². The summed E-state index contributed by atoms with van der Waals surface area (Å²) in [5.41, 5.74) is 5.63. The SMILES string of the molecule is O=C(CSc1ncccn1)Nc1cc(-c2ccc3c(c2)CCC3)nn1-c1ccccc1. The zero-order chi connectivity index (χ0) is 21.0. The van der Waals surface area contributed by atoms with Gasteiger partial charge in [0.1, 0.15) is 5.82 Å². The Morgan fingerprint density at radius 2 is 1.77 bits per heavy atom. The fourth-order valence-corrected chi connectivity index (χ4v) is 4.38. The highest BCUT2D eigenvalue weighted by Crippen LogP contribution is 2.30. The van der Waals surface area contributed by atoms with Gasteiger partial charge in [-0.3, -0.25) is 4.79 Å². The van der Waals surface area contributed by atoms with Crippen LogP contribution in [0.4, 0.5) is 5.82 Å². The number of rotatable bonds is 6. The number of hydrogen-bond donors (Lipinski definition) is 1. The van der Waals surface area contributed by atoms with Gasteiger partial charge < -0.3 is 5.32 Å². The lowest BCUT2D eigenvalue weighted by atomic mass is 10.0. The third kappa shape index (κ3) is 4.36. The molecule has 0 unspecified atom stereocenters. The van der Waals surface area contributed by atoms with Gasteiger partial charge in [-0.2, -0.15) is 5.10 Å². The van der Waals surface area contributed by atoms with Crippen molar-refractivity contribution in [1.29, 1.82) is 0 Å². The molecule has 31 heavy (non-hydrogen) atoms. The molecule has 7 heteroatoms. The van der Waals surface area contributed by atoms with Crippen molar-refractivity contribution < 1.29 is 4.79 Å². The maximum absolute atomic E-state index is 12.6. The molecule has 0 aliphatic heterocycles. The number of nitrogens with zero attached hydrogens (tertiary/aromatic N) is 4. The Bertz CT molecular complexity index is 1210. The fraction of sp³-hybridized carbons (Fsp3) is 0.167. The van der Waals surface area contributed by atoms with Crippen LogP contribution < -0.4 is 5.32 Å². The van der Waals surface area contributed by atoms with Crippen molar-refractivity contribution in [2.45, 2.75) is 24.4 Å². The first kappa shape index (κ1) is 19.5. The number of fused-ring (bicyclic) bond motifs is 1. The molecular weight excluding hydrogens is 406 g/mol. The van der Waals surface area contributed by atoms with Crippen LogP contribution in [-0.4, -0.2) is 31.4 Å². The normalized spacial score (nSPS) is 12.5. The molecular formula is C24H21N5OS. The molecule has 4 aromatic rings. The van der Waals surface area contributed by atoms with Crippen molar-refractivity contribution >= 4 is 23.5 Å². The summed E-state index contributed by atoms with van der Waals surface area (Å²) in [5.74, 6) is 0.731. The van der Waals surface area contributed by atoms with Crippen molar-refractivity contribution in [1.82, 2.24) is 19.7 Å².